The Bertz CT molecular complexity index is 958. The molecule has 25 heavy (non-hydrogen) atoms. The zero-order valence-corrected chi connectivity index (χ0v) is 14.7. The second-order valence-electron chi connectivity index (χ2n) is 5.85. The molecular formula is C16H19N5O3S. The molecular weight excluding hydrogens is 342 g/mol. The first-order valence-corrected chi connectivity index (χ1v) is 9.21. The molecule has 4 N–H and O–H groups in total. The highest BCUT2D eigenvalue weighted by atomic mass is 32.2. The van der Waals surface area contributed by atoms with E-state index < -0.39 is 10.0 Å². The number of nitrogens with zero attached hydrogens (tertiary/aromatic N) is 2. The predicted octanol–water partition coefficient (Wildman–Crippen LogP) is 1.88. The molecule has 1 aromatic carbocycles. The molecule has 0 aliphatic heterocycles. The Kier molecular flexibility index (Phi) is 4.71. The quantitative estimate of drug-likeness (QED) is 0.615. The van der Waals surface area contributed by atoms with Gasteiger partial charge in [-0.2, -0.15) is 4.98 Å². The Hall–Kier alpha value is -2.49. The van der Waals surface area contributed by atoms with E-state index in [0.717, 1.165) is 11.1 Å². The number of nitrogens with two attached hydrogens (primary N) is 1. The SMILES string of the molecule is CC(C)NS(=O)(=O)c1c[nH]c(-c2nc(-c3ccc(CN)cc3)no2)c1. The van der Waals surface area contributed by atoms with Crippen LogP contribution in [0, 0.1) is 0 Å². The zero-order valence-electron chi connectivity index (χ0n) is 13.9. The molecule has 2 aromatic heterocycles. The molecule has 0 unspecified atom stereocenters. The van der Waals surface area contributed by atoms with Crippen molar-refractivity contribution in [2.24, 2.45) is 5.73 Å². The van der Waals surface area contributed by atoms with Crippen molar-refractivity contribution in [3.05, 3.63) is 42.1 Å². The van der Waals surface area contributed by atoms with Gasteiger partial charge in [0.15, 0.2) is 0 Å². The third-order valence-corrected chi connectivity index (χ3v) is 5.10. The Morgan fingerprint density at radius 1 is 1.28 bits per heavy atom. The van der Waals surface area contributed by atoms with Gasteiger partial charge in [0, 0.05) is 24.3 Å². The summed E-state index contributed by atoms with van der Waals surface area (Å²) in [5.41, 5.74) is 7.80. The van der Waals surface area contributed by atoms with Crippen LogP contribution in [0.3, 0.4) is 0 Å². The van der Waals surface area contributed by atoms with Crippen molar-refractivity contribution in [3.63, 3.8) is 0 Å². The fourth-order valence-corrected chi connectivity index (χ4v) is 3.52. The van der Waals surface area contributed by atoms with E-state index in [-0.39, 0.29) is 16.8 Å². The maximum absolute atomic E-state index is 12.2. The molecule has 0 atom stereocenters. The molecule has 3 aromatic rings. The molecule has 9 heteroatoms. The van der Waals surface area contributed by atoms with Gasteiger partial charge in [0.2, 0.25) is 15.8 Å². The highest BCUT2D eigenvalue weighted by Gasteiger charge is 2.20. The summed E-state index contributed by atoms with van der Waals surface area (Å²) in [5, 5.41) is 3.94. The summed E-state index contributed by atoms with van der Waals surface area (Å²) in [5.74, 6) is 0.627. The summed E-state index contributed by atoms with van der Waals surface area (Å²) < 4.78 is 32.1. The van der Waals surface area contributed by atoms with Gasteiger partial charge in [0.1, 0.15) is 10.6 Å². The van der Waals surface area contributed by atoms with Gasteiger partial charge >= 0.3 is 0 Å². The molecule has 3 rings (SSSR count). The van der Waals surface area contributed by atoms with E-state index in [2.05, 4.69) is 19.8 Å². The van der Waals surface area contributed by atoms with Gasteiger partial charge in [0.05, 0.1) is 0 Å². The molecule has 132 valence electrons. The van der Waals surface area contributed by atoms with Crippen molar-refractivity contribution in [3.8, 4) is 23.0 Å². The fraction of sp³-hybridized carbons (Fsp3) is 0.250. The Morgan fingerprint density at radius 2 is 2.00 bits per heavy atom. The fourth-order valence-electron chi connectivity index (χ4n) is 2.27. The van der Waals surface area contributed by atoms with Crippen LogP contribution in [0.5, 0.6) is 0 Å². The Balaban J connectivity index is 1.85. The number of aromatic nitrogens is 3. The van der Waals surface area contributed by atoms with Crippen molar-refractivity contribution in [1.29, 1.82) is 0 Å². The summed E-state index contributed by atoms with van der Waals surface area (Å²) in [6.07, 6.45) is 1.39. The predicted molar refractivity (Wildman–Crippen MR) is 92.9 cm³/mol. The third kappa shape index (κ3) is 3.78. The second-order valence-corrected chi connectivity index (χ2v) is 7.56. The lowest BCUT2D eigenvalue weighted by Gasteiger charge is -2.06. The van der Waals surface area contributed by atoms with Crippen LogP contribution in [0.4, 0.5) is 0 Å². The smallest absolute Gasteiger partial charge is 0.274 e. The van der Waals surface area contributed by atoms with Crippen molar-refractivity contribution >= 4 is 10.0 Å². The van der Waals surface area contributed by atoms with Crippen LogP contribution in [0.2, 0.25) is 0 Å². The van der Waals surface area contributed by atoms with Crippen LogP contribution in [-0.2, 0) is 16.6 Å². The minimum atomic E-state index is -3.58. The number of benzene rings is 1. The maximum atomic E-state index is 12.2. The van der Waals surface area contributed by atoms with Crippen LogP contribution in [0.1, 0.15) is 19.4 Å². The minimum absolute atomic E-state index is 0.114. The van der Waals surface area contributed by atoms with E-state index in [9.17, 15) is 8.42 Å². The van der Waals surface area contributed by atoms with E-state index in [1.54, 1.807) is 13.8 Å². The van der Waals surface area contributed by atoms with Crippen LogP contribution in [0.15, 0.2) is 45.9 Å². The highest BCUT2D eigenvalue weighted by Crippen LogP contribution is 2.23. The Morgan fingerprint density at radius 3 is 2.64 bits per heavy atom. The number of hydrogen-bond acceptors (Lipinski definition) is 6. The molecule has 0 aliphatic rings. The van der Waals surface area contributed by atoms with Crippen LogP contribution < -0.4 is 10.5 Å². The number of rotatable bonds is 6. The van der Waals surface area contributed by atoms with Crippen molar-refractivity contribution in [2.75, 3.05) is 0 Å². The van der Waals surface area contributed by atoms with Gasteiger partial charge in [-0.25, -0.2) is 13.1 Å². The zero-order chi connectivity index (χ0) is 18.0. The molecule has 2 heterocycles. The first kappa shape index (κ1) is 17.3. The molecule has 0 spiro atoms. The van der Waals surface area contributed by atoms with Crippen LogP contribution in [0.25, 0.3) is 23.0 Å². The van der Waals surface area contributed by atoms with E-state index >= 15 is 0 Å². The van der Waals surface area contributed by atoms with E-state index in [0.29, 0.717) is 18.1 Å². The summed E-state index contributed by atoms with van der Waals surface area (Å²) in [6.45, 7) is 3.97. The maximum Gasteiger partial charge on any atom is 0.274 e. The van der Waals surface area contributed by atoms with Crippen LogP contribution in [-0.4, -0.2) is 29.6 Å². The van der Waals surface area contributed by atoms with Gasteiger partial charge in [-0.15, -0.1) is 0 Å². The summed E-state index contributed by atoms with van der Waals surface area (Å²) in [4.78, 5) is 7.27. The molecule has 0 saturated heterocycles. The van der Waals surface area contributed by atoms with Crippen molar-refractivity contribution in [2.45, 2.75) is 31.3 Å². The van der Waals surface area contributed by atoms with Crippen molar-refractivity contribution in [1.82, 2.24) is 19.8 Å². The lowest BCUT2D eigenvalue weighted by atomic mass is 10.1. The monoisotopic (exact) mass is 361 g/mol. The Labute approximate surface area is 145 Å². The summed E-state index contributed by atoms with van der Waals surface area (Å²) in [6, 6.07) is 8.75. The number of aromatic amines is 1. The molecule has 0 bridgehead atoms. The molecule has 0 radical (unpaired) electrons. The highest BCUT2D eigenvalue weighted by molar-refractivity contribution is 7.89. The second kappa shape index (κ2) is 6.79. The third-order valence-electron chi connectivity index (χ3n) is 3.46. The average molecular weight is 361 g/mol. The number of H-pyrrole nitrogens is 1. The number of nitrogens with one attached hydrogen (secondary N) is 2. The van der Waals surface area contributed by atoms with E-state index in [1.165, 1.54) is 12.3 Å². The molecule has 0 fully saturated rings. The first-order chi connectivity index (χ1) is 11.9. The normalized spacial score (nSPS) is 12.0. The molecule has 0 amide bonds. The minimum Gasteiger partial charge on any atom is -0.356 e. The largest absolute Gasteiger partial charge is 0.356 e. The average Bonchev–Trinajstić information content (AvgIpc) is 3.23. The van der Waals surface area contributed by atoms with Gasteiger partial charge in [0.25, 0.3) is 5.89 Å². The van der Waals surface area contributed by atoms with Gasteiger partial charge in [-0.3, -0.25) is 0 Å². The van der Waals surface area contributed by atoms with E-state index in [4.69, 9.17) is 10.3 Å². The molecule has 0 aliphatic carbocycles. The number of sulfonamides is 1. The molecule has 8 nitrogen and oxygen atoms in total. The number of hydrogen-bond donors (Lipinski definition) is 3. The molecule has 0 saturated carbocycles. The van der Waals surface area contributed by atoms with Crippen molar-refractivity contribution < 1.29 is 12.9 Å². The summed E-state index contributed by atoms with van der Waals surface area (Å²) in [7, 11) is -3.58. The lowest BCUT2D eigenvalue weighted by Crippen LogP contribution is -2.29. The van der Waals surface area contributed by atoms with Gasteiger partial charge < -0.3 is 15.2 Å². The van der Waals surface area contributed by atoms with E-state index in [1.807, 2.05) is 24.3 Å². The lowest BCUT2D eigenvalue weighted by molar-refractivity contribution is 0.431. The topological polar surface area (TPSA) is 127 Å². The first-order valence-electron chi connectivity index (χ1n) is 7.73. The van der Waals surface area contributed by atoms with Gasteiger partial charge in [-0.05, 0) is 25.5 Å². The van der Waals surface area contributed by atoms with Gasteiger partial charge in [-0.1, -0.05) is 29.4 Å². The standard InChI is InChI=1S/C16H19N5O3S/c1-10(2)21-25(22,23)13-7-14(18-9-13)16-19-15(20-24-16)12-5-3-11(8-17)4-6-12/h3-7,9-10,18,21H,8,17H2,1-2H3. The summed E-state index contributed by atoms with van der Waals surface area (Å²) >= 11 is 0. The van der Waals surface area contributed by atoms with Crippen LogP contribution >= 0.6 is 0 Å².